The van der Waals surface area contributed by atoms with Gasteiger partial charge in [0.1, 0.15) is 5.82 Å². The minimum Gasteiger partial charge on any atom is -0.256 e. The van der Waals surface area contributed by atoms with Gasteiger partial charge in [-0.15, -0.1) is 0 Å². The first kappa shape index (κ1) is 17.2. The highest BCUT2D eigenvalue weighted by molar-refractivity contribution is 6.31. The monoisotopic (exact) mass is 340 g/mol. The van der Waals surface area contributed by atoms with Crippen molar-refractivity contribution in [2.24, 2.45) is 0 Å². The second-order valence-corrected chi connectivity index (χ2v) is 7.32. The maximum absolute atomic E-state index is 13.1. The molecular formula is C17H19Cl2FN2. The van der Waals surface area contributed by atoms with Crippen LogP contribution in [0.25, 0.3) is 0 Å². The Kier molecular flexibility index (Phi) is 5.08. The maximum atomic E-state index is 13.1. The lowest BCUT2D eigenvalue weighted by Gasteiger charge is -2.21. The van der Waals surface area contributed by atoms with Gasteiger partial charge >= 0.3 is 0 Å². The Balaban J connectivity index is 2.27. The van der Waals surface area contributed by atoms with Crippen molar-refractivity contribution in [3.05, 3.63) is 57.3 Å². The topological polar surface area (TPSA) is 25.8 Å². The van der Waals surface area contributed by atoms with E-state index in [1.165, 1.54) is 12.3 Å². The fraction of sp³-hybridized carbons (Fsp3) is 0.412. The number of hydrogen-bond donors (Lipinski definition) is 0. The molecule has 1 unspecified atom stereocenters. The molecule has 0 saturated heterocycles. The van der Waals surface area contributed by atoms with Crippen molar-refractivity contribution >= 4 is 23.2 Å². The third-order valence-electron chi connectivity index (χ3n) is 3.43. The van der Waals surface area contributed by atoms with Gasteiger partial charge in [0.15, 0.2) is 0 Å². The van der Waals surface area contributed by atoms with Crippen LogP contribution in [-0.2, 0) is 11.8 Å². The summed E-state index contributed by atoms with van der Waals surface area (Å²) < 4.78 is 13.1. The minimum atomic E-state index is -0.430. The van der Waals surface area contributed by atoms with Crippen LogP contribution in [-0.4, -0.2) is 9.97 Å². The van der Waals surface area contributed by atoms with Crippen molar-refractivity contribution in [3.63, 3.8) is 0 Å². The highest BCUT2D eigenvalue weighted by Gasteiger charge is 2.21. The molecule has 0 spiro atoms. The molecule has 0 radical (unpaired) electrons. The Bertz CT molecular complexity index is 681. The Labute approximate surface area is 140 Å². The standard InChI is InChI=1S/C17H19Cl2FN2/c1-10(15-14(19)8-11(20)9-21-15)7-12-5-6-13(18)16(22-12)17(2,3)4/h5-6,8-10H,7H2,1-4H3. The lowest BCUT2D eigenvalue weighted by Crippen LogP contribution is -2.16. The molecule has 0 aliphatic carbocycles. The number of rotatable bonds is 3. The van der Waals surface area contributed by atoms with Crippen LogP contribution in [0.4, 0.5) is 4.39 Å². The van der Waals surface area contributed by atoms with Crippen LogP contribution in [0.1, 0.15) is 50.7 Å². The molecule has 1 atom stereocenters. The quantitative estimate of drug-likeness (QED) is 0.730. The summed E-state index contributed by atoms with van der Waals surface area (Å²) >= 11 is 12.3. The number of nitrogens with zero attached hydrogens (tertiary/aromatic N) is 2. The first-order chi connectivity index (χ1) is 10.2. The molecule has 5 heteroatoms. The van der Waals surface area contributed by atoms with E-state index in [4.69, 9.17) is 23.2 Å². The average Bonchev–Trinajstić information content (AvgIpc) is 2.39. The SMILES string of the molecule is CC(Cc1ccc(Cl)c(C(C)(C)C)n1)c1ncc(F)cc1Cl. The van der Waals surface area contributed by atoms with Crippen molar-refractivity contribution in [1.82, 2.24) is 9.97 Å². The Morgan fingerprint density at radius 2 is 1.86 bits per heavy atom. The fourth-order valence-corrected chi connectivity index (χ4v) is 3.05. The Morgan fingerprint density at radius 1 is 1.18 bits per heavy atom. The van der Waals surface area contributed by atoms with E-state index in [9.17, 15) is 4.39 Å². The molecule has 2 rings (SSSR count). The highest BCUT2D eigenvalue weighted by atomic mass is 35.5. The Morgan fingerprint density at radius 3 is 2.45 bits per heavy atom. The van der Waals surface area contributed by atoms with Gasteiger partial charge in [0.2, 0.25) is 0 Å². The average molecular weight is 341 g/mol. The minimum absolute atomic E-state index is 0.0367. The normalized spacial score (nSPS) is 13.2. The molecule has 0 aliphatic rings. The van der Waals surface area contributed by atoms with Crippen molar-refractivity contribution in [2.45, 2.75) is 45.4 Å². The van der Waals surface area contributed by atoms with Crippen molar-refractivity contribution in [1.29, 1.82) is 0 Å². The van der Waals surface area contributed by atoms with E-state index in [2.05, 4.69) is 30.7 Å². The van der Waals surface area contributed by atoms with Gasteiger partial charge in [-0.2, -0.15) is 0 Å². The molecule has 2 aromatic heterocycles. The molecule has 0 aromatic carbocycles. The summed E-state index contributed by atoms with van der Waals surface area (Å²) in [5.74, 6) is -0.393. The molecule has 2 nitrogen and oxygen atoms in total. The van der Waals surface area contributed by atoms with Crippen molar-refractivity contribution in [3.8, 4) is 0 Å². The third-order valence-corrected chi connectivity index (χ3v) is 4.04. The fourth-order valence-electron chi connectivity index (χ4n) is 2.32. The van der Waals surface area contributed by atoms with Gasteiger partial charge in [0.25, 0.3) is 0 Å². The summed E-state index contributed by atoms with van der Waals surface area (Å²) in [5.41, 5.74) is 2.35. The summed E-state index contributed by atoms with van der Waals surface area (Å²) in [5, 5.41) is 1.01. The smallest absolute Gasteiger partial charge is 0.142 e. The molecule has 22 heavy (non-hydrogen) atoms. The molecule has 2 aromatic rings. The van der Waals surface area contributed by atoms with Crippen LogP contribution in [0.2, 0.25) is 10.0 Å². The lowest BCUT2D eigenvalue weighted by atomic mass is 9.91. The first-order valence-electron chi connectivity index (χ1n) is 7.15. The van der Waals surface area contributed by atoms with Crippen LogP contribution in [0.15, 0.2) is 24.4 Å². The number of halogens is 3. The summed E-state index contributed by atoms with van der Waals surface area (Å²) in [7, 11) is 0. The van der Waals surface area contributed by atoms with E-state index in [-0.39, 0.29) is 11.3 Å². The van der Waals surface area contributed by atoms with Crippen LogP contribution < -0.4 is 0 Å². The van der Waals surface area contributed by atoms with Gasteiger partial charge in [-0.05, 0) is 24.6 Å². The summed E-state index contributed by atoms with van der Waals surface area (Å²) in [6.07, 6.45) is 1.85. The second-order valence-electron chi connectivity index (χ2n) is 6.51. The van der Waals surface area contributed by atoms with E-state index in [1.54, 1.807) is 0 Å². The zero-order chi connectivity index (χ0) is 16.5. The largest absolute Gasteiger partial charge is 0.256 e. The van der Waals surface area contributed by atoms with Crippen LogP contribution >= 0.6 is 23.2 Å². The molecular weight excluding hydrogens is 322 g/mol. The lowest BCUT2D eigenvalue weighted by molar-refractivity contribution is 0.562. The molecule has 118 valence electrons. The zero-order valence-electron chi connectivity index (χ0n) is 13.1. The van der Waals surface area contributed by atoms with Crippen molar-refractivity contribution in [2.75, 3.05) is 0 Å². The van der Waals surface area contributed by atoms with Gasteiger partial charge in [0.05, 0.1) is 27.6 Å². The number of pyridine rings is 2. The predicted octanol–water partition coefficient (Wildman–Crippen LogP) is 5.57. The van der Waals surface area contributed by atoms with E-state index in [0.717, 1.165) is 11.4 Å². The highest BCUT2D eigenvalue weighted by Crippen LogP contribution is 2.30. The first-order valence-corrected chi connectivity index (χ1v) is 7.91. The van der Waals surface area contributed by atoms with E-state index < -0.39 is 5.82 Å². The zero-order valence-corrected chi connectivity index (χ0v) is 14.6. The van der Waals surface area contributed by atoms with Gasteiger partial charge in [0, 0.05) is 17.0 Å². The van der Waals surface area contributed by atoms with Gasteiger partial charge in [-0.1, -0.05) is 50.9 Å². The number of hydrogen-bond acceptors (Lipinski definition) is 2. The molecule has 0 aliphatic heterocycles. The summed E-state index contributed by atoms with van der Waals surface area (Å²) in [4.78, 5) is 8.78. The van der Waals surface area contributed by atoms with E-state index in [1.807, 2.05) is 19.1 Å². The van der Waals surface area contributed by atoms with Crippen LogP contribution in [0, 0.1) is 5.82 Å². The predicted molar refractivity (Wildman–Crippen MR) is 89.3 cm³/mol. The third kappa shape index (κ3) is 3.96. The Hall–Kier alpha value is -1.19. The molecule has 0 amide bonds. The van der Waals surface area contributed by atoms with E-state index in [0.29, 0.717) is 22.2 Å². The van der Waals surface area contributed by atoms with E-state index >= 15 is 0 Å². The summed E-state index contributed by atoms with van der Waals surface area (Å²) in [6.45, 7) is 8.23. The van der Waals surface area contributed by atoms with Crippen molar-refractivity contribution < 1.29 is 4.39 Å². The summed E-state index contributed by atoms with van der Waals surface area (Å²) in [6, 6.07) is 5.07. The van der Waals surface area contributed by atoms with Gasteiger partial charge < -0.3 is 0 Å². The van der Waals surface area contributed by atoms with Gasteiger partial charge in [-0.25, -0.2) is 4.39 Å². The molecule has 0 bridgehead atoms. The maximum Gasteiger partial charge on any atom is 0.142 e. The molecule has 0 fully saturated rings. The van der Waals surface area contributed by atoms with Gasteiger partial charge in [-0.3, -0.25) is 9.97 Å². The molecule has 0 saturated carbocycles. The van der Waals surface area contributed by atoms with Crippen LogP contribution in [0.5, 0.6) is 0 Å². The number of aromatic nitrogens is 2. The van der Waals surface area contributed by atoms with Crippen LogP contribution in [0.3, 0.4) is 0 Å². The second kappa shape index (κ2) is 6.51. The molecule has 0 N–H and O–H groups in total. The molecule has 2 heterocycles.